The molecule has 0 unspecified atom stereocenters. The van der Waals surface area contributed by atoms with Gasteiger partial charge in [0.1, 0.15) is 0 Å². The number of non-ortho nitro benzene ring substituents is 1. The van der Waals surface area contributed by atoms with Crippen LogP contribution in [0.5, 0.6) is 0 Å². The van der Waals surface area contributed by atoms with Crippen molar-refractivity contribution in [3.05, 3.63) is 28.3 Å². The lowest BCUT2D eigenvalue weighted by Crippen LogP contribution is -2.48. The van der Waals surface area contributed by atoms with Crippen molar-refractivity contribution < 1.29 is 9.66 Å². The zero-order valence-corrected chi connectivity index (χ0v) is 12.9. The van der Waals surface area contributed by atoms with Crippen molar-refractivity contribution in [3.63, 3.8) is 0 Å². The Morgan fingerprint density at radius 3 is 2.81 bits per heavy atom. The molecule has 0 aliphatic carbocycles. The smallest absolute Gasteiger partial charge is 0.273 e. The lowest BCUT2D eigenvalue weighted by Gasteiger charge is -2.39. The molecule has 2 rings (SSSR count). The molecular formula is C15H23N3O3. The van der Waals surface area contributed by atoms with E-state index in [1.165, 1.54) is 0 Å². The first kappa shape index (κ1) is 15.6. The molecule has 6 heteroatoms. The second kappa shape index (κ2) is 6.30. The average molecular weight is 293 g/mol. The van der Waals surface area contributed by atoms with Crippen molar-refractivity contribution in [1.82, 2.24) is 0 Å². The topological polar surface area (TPSA) is 67.6 Å². The molecule has 1 aliphatic heterocycles. The summed E-state index contributed by atoms with van der Waals surface area (Å²) >= 11 is 0. The predicted octanol–water partition coefficient (Wildman–Crippen LogP) is 3.03. The largest absolute Gasteiger partial charge is 0.385 e. The van der Waals surface area contributed by atoms with Crippen molar-refractivity contribution in [2.24, 2.45) is 0 Å². The molecule has 6 nitrogen and oxygen atoms in total. The van der Waals surface area contributed by atoms with Crippen LogP contribution in [-0.2, 0) is 4.74 Å². The second-order valence-corrected chi connectivity index (χ2v) is 5.95. The minimum absolute atomic E-state index is 0.121. The fourth-order valence-electron chi connectivity index (χ4n) is 2.49. The van der Waals surface area contributed by atoms with E-state index in [2.05, 4.69) is 17.1 Å². The normalized spacial score (nSPS) is 17.6. The summed E-state index contributed by atoms with van der Waals surface area (Å²) in [6.07, 6.45) is 0.975. The summed E-state index contributed by atoms with van der Waals surface area (Å²) < 4.78 is 5.70. The minimum Gasteiger partial charge on any atom is -0.385 e. The number of hydrogen-bond donors (Lipinski definition) is 1. The summed E-state index contributed by atoms with van der Waals surface area (Å²) in [5.41, 5.74) is 1.56. The Morgan fingerprint density at radius 1 is 1.43 bits per heavy atom. The maximum absolute atomic E-state index is 11.1. The molecule has 0 saturated carbocycles. The van der Waals surface area contributed by atoms with E-state index in [9.17, 15) is 10.1 Å². The minimum atomic E-state index is -0.341. The molecule has 21 heavy (non-hydrogen) atoms. The van der Waals surface area contributed by atoms with E-state index in [-0.39, 0.29) is 16.2 Å². The lowest BCUT2D eigenvalue weighted by molar-refractivity contribution is -0.384. The highest BCUT2D eigenvalue weighted by molar-refractivity contribution is 5.64. The molecule has 1 N–H and O–H groups in total. The van der Waals surface area contributed by atoms with Crippen LogP contribution in [-0.4, -0.2) is 36.8 Å². The molecule has 0 bridgehead atoms. The van der Waals surface area contributed by atoms with Crippen molar-refractivity contribution in [2.45, 2.75) is 32.8 Å². The molecule has 0 spiro atoms. The van der Waals surface area contributed by atoms with E-state index in [0.717, 1.165) is 37.4 Å². The highest BCUT2D eigenvalue weighted by Gasteiger charge is 2.28. The number of nitro benzene ring substituents is 1. The number of ether oxygens (including phenoxy) is 1. The first-order valence-corrected chi connectivity index (χ1v) is 7.33. The monoisotopic (exact) mass is 293 g/mol. The summed E-state index contributed by atoms with van der Waals surface area (Å²) in [5, 5.41) is 14.4. The molecular weight excluding hydrogens is 270 g/mol. The van der Waals surface area contributed by atoms with Crippen molar-refractivity contribution in [1.29, 1.82) is 0 Å². The predicted molar refractivity (Wildman–Crippen MR) is 84.1 cm³/mol. The van der Waals surface area contributed by atoms with E-state index < -0.39 is 0 Å². The van der Waals surface area contributed by atoms with Crippen LogP contribution >= 0.6 is 0 Å². The standard InChI is InChI=1S/C15H23N3O3/c1-4-5-16-12-8-13(10-14(9-12)18(19)20)17-6-7-21-15(2,3)11-17/h8-10,16H,4-7,11H2,1-3H3. The van der Waals surface area contributed by atoms with Gasteiger partial charge in [-0.15, -0.1) is 0 Å². The molecule has 1 fully saturated rings. The van der Waals surface area contributed by atoms with Crippen LogP contribution in [0.4, 0.5) is 17.1 Å². The van der Waals surface area contributed by atoms with Crippen LogP contribution in [0.3, 0.4) is 0 Å². The molecule has 1 aliphatic rings. The van der Waals surface area contributed by atoms with E-state index in [0.29, 0.717) is 6.61 Å². The summed E-state index contributed by atoms with van der Waals surface area (Å²) in [6, 6.07) is 5.20. The van der Waals surface area contributed by atoms with Gasteiger partial charge in [0.25, 0.3) is 5.69 Å². The molecule has 1 aromatic rings. The van der Waals surface area contributed by atoms with Gasteiger partial charge in [-0.25, -0.2) is 0 Å². The summed E-state index contributed by atoms with van der Waals surface area (Å²) in [4.78, 5) is 12.9. The van der Waals surface area contributed by atoms with Crippen molar-refractivity contribution >= 4 is 17.1 Å². The van der Waals surface area contributed by atoms with Crippen LogP contribution in [0.2, 0.25) is 0 Å². The van der Waals surface area contributed by atoms with Crippen molar-refractivity contribution in [3.8, 4) is 0 Å². The van der Waals surface area contributed by atoms with E-state index in [1.807, 2.05) is 19.9 Å². The van der Waals surface area contributed by atoms with Gasteiger partial charge < -0.3 is 15.0 Å². The zero-order valence-electron chi connectivity index (χ0n) is 12.9. The van der Waals surface area contributed by atoms with Crippen LogP contribution in [0.1, 0.15) is 27.2 Å². The van der Waals surface area contributed by atoms with Crippen LogP contribution in [0, 0.1) is 10.1 Å². The molecule has 1 aromatic carbocycles. The molecule has 0 aromatic heterocycles. The van der Waals surface area contributed by atoms with Gasteiger partial charge in [-0.1, -0.05) is 6.92 Å². The summed E-state index contributed by atoms with van der Waals surface area (Å²) in [6.45, 7) is 9.04. The van der Waals surface area contributed by atoms with Gasteiger partial charge in [-0.05, 0) is 26.3 Å². The molecule has 0 atom stereocenters. The van der Waals surface area contributed by atoms with Gasteiger partial charge in [0.15, 0.2) is 0 Å². The van der Waals surface area contributed by atoms with Crippen LogP contribution in [0.15, 0.2) is 18.2 Å². The van der Waals surface area contributed by atoms with Gasteiger partial charge in [0.2, 0.25) is 0 Å². The molecule has 1 saturated heterocycles. The van der Waals surface area contributed by atoms with E-state index in [1.54, 1.807) is 12.1 Å². The zero-order chi connectivity index (χ0) is 15.5. The molecule has 0 radical (unpaired) electrons. The average Bonchev–Trinajstić information content (AvgIpc) is 2.43. The van der Waals surface area contributed by atoms with E-state index in [4.69, 9.17) is 4.74 Å². The van der Waals surface area contributed by atoms with Gasteiger partial charge in [-0.2, -0.15) is 0 Å². The fourth-order valence-corrected chi connectivity index (χ4v) is 2.49. The molecule has 1 heterocycles. The molecule has 0 amide bonds. The first-order chi connectivity index (χ1) is 9.91. The number of nitrogens with zero attached hydrogens (tertiary/aromatic N) is 2. The summed E-state index contributed by atoms with van der Waals surface area (Å²) in [5.74, 6) is 0. The Morgan fingerprint density at radius 2 is 2.19 bits per heavy atom. The maximum Gasteiger partial charge on any atom is 0.273 e. The van der Waals surface area contributed by atoms with Gasteiger partial charge >= 0.3 is 0 Å². The first-order valence-electron chi connectivity index (χ1n) is 7.33. The number of anilines is 2. The Bertz CT molecular complexity index is 517. The van der Waals surface area contributed by atoms with Gasteiger partial charge in [-0.3, -0.25) is 10.1 Å². The SMILES string of the molecule is CCCNc1cc(N2CCOC(C)(C)C2)cc([N+](=O)[O-])c1. The van der Waals surface area contributed by atoms with Gasteiger partial charge in [0, 0.05) is 43.1 Å². The number of hydrogen-bond acceptors (Lipinski definition) is 5. The van der Waals surface area contributed by atoms with E-state index >= 15 is 0 Å². The van der Waals surface area contributed by atoms with Gasteiger partial charge in [0.05, 0.1) is 17.1 Å². The number of morpholine rings is 1. The molecule has 116 valence electrons. The summed E-state index contributed by atoms with van der Waals surface area (Å²) in [7, 11) is 0. The van der Waals surface area contributed by atoms with Crippen LogP contribution < -0.4 is 10.2 Å². The third kappa shape index (κ3) is 4.07. The Labute approximate surface area is 125 Å². The second-order valence-electron chi connectivity index (χ2n) is 5.95. The lowest BCUT2D eigenvalue weighted by atomic mass is 10.1. The number of nitro groups is 1. The van der Waals surface area contributed by atoms with Crippen molar-refractivity contribution in [2.75, 3.05) is 36.5 Å². The third-order valence-electron chi connectivity index (χ3n) is 3.48. The fraction of sp³-hybridized carbons (Fsp3) is 0.600. The quantitative estimate of drug-likeness (QED) is 0.667. The Hall–Kier alpha value is -1.82. The maximum atomic E-state index is 11.1. The highest BCUT2D eigenvalue weighted by atomic mass is 16.6. The Balaban J connectivity index is 2.28. The van der Waals surface area contributed by atoms with Crippen LogP contribution in [0.25, 0.3) is 0 Å². The highest BCUT2D eigenvalue weighted by Crippen LogP contribution is 2.30. The number of nitrogens with one attached hydrogen (secondary N) is 1. The number of rotatable bonds is 5. The third-order valence-corrected chi connectivity index (χ3v) is 3.48. The Kier molecular flexibility index (Phi) is 4.67. The number of benzene rings is 1.